The Morgan fingerprint density at radius 2 is 1.91 bits per heavy atom. The van der Waals surface area contributed by atoms with E-state index >= 15 is 0 Å². The van der Waals surface area contributed by atoms with Crippen LogP contribution in [0.5, 0.6) is 0 Å². The van der Waals surface area contributed by atoms with Gasteiger partial charge in [-0.1, -0.05) is 0 Å². The Balaban J connectivity index is 1.40. The van der Waals surface area contributed by atoms with Crippen LogP contribution in [-0.4, -0.2) is 41.3 Å². The van der Waals surface area contributed by atoms with Crippen molar-refractivity contribution in [3.8, 4) is 11.3 Å². The molecule has 0 radical (unpaired) electrons. The number of halogens is 1. The SMILES string of the molecule is Fc1ccc(-c2[nH]ncc2CNCCCCN2CCCC2)cc1. The standard InChI is InChI=1S/C18H25FN4/c19-17-7-5-15(6-8-17)18-16(14-21-22-18)13-20-9-1-2-10-23-11-3-4-12-23/h5-8,14,20H,1-4,9-13H2,(H,21,22). The zero-order valence-corrected chi connectivity index (χ0v) is 13.5. The summed E-state index contributed by atoms with van der Waals surface area (Å²) in [6.07, 6.45) is 7.02. The number of nitrogens with one attached hydrogen (secondary N) is 2. The van der Waals surface area contributed by atoms with Crippen molar-refractivity contribution in [2.45, 2.75) is 32.2 Å². The van der Waals surface area contributed by atoms with Gasteiger partial charge < -0.3 is 10.2 Å². The molecular formula is C18H25FN4. The fourth-order valence-electron chi connectivity index (χ4n) is 3.13. The summed E-state index contributed by atoms with van der Waals surface area (Å²) in [5, 5.41) is 10.6. The number of aromatic amines is 1. The lowest BCUT2D eigenvalue weighted by atomic mass is 10.1. The number of unbranched alkanes of at least 4 members (excludes halogenated alkanes) is 1. The minimum atomic E-state index is -0.217. The Morgan fingerprint density at radius 1 is 1.13 bits per heavy atom. The fraction of sp³-hybridized carbons (Fsp3) is 0.500. The molecule has 1 aromatic carbocycles. The van der Waals surface area contributed by atoms with E-state index in [0.29, 0.717) is 0 Å². The van der Waals surface area contributed by atoms with Crippen LogP contribution in [0.3, 0.4) is 0 Å². The van der Waals surface area contributed by atoms with E-state index in [2.05, 4.69) is 20.4 Å². The Labute approximate surface area is 137 Å². The van der Waals surface area contributed by atoms with Crippen LogP contribution in [0.4, 0.5) is 4.39 Å². The summed E-state index contributed by atoms with van der Waals surface area (Å²) in [7, 11) is 0. The van der Waals surface area contributed by atoms with Gasteiger partial charge in [-0.05, 0) is 76.1 Å². The maximum absolute atomic E-state index is 13.0. The molecule has 1 aliphatic heterocycles. The number of benzene rings is 1. The zero-order valence-electron chi connectivity index (χ0n) is 13.5. The fourth-order valence-corrected chi connectivity index (χ4v) is 3.13. The molecule has 0 amide bonds. The smallest absolute Gasteiger partial charge is 0.123 e. The minimum absolute atomic E-state index is 0.217. The van der Waals surface area contributed by atoms with E-state index in [0.717, 1.165) is 29.9 Å². The van der Waals surface area contributed by atoms with Crippen molar-refractivity contribution in [1.29, 1.82) is 0 Å². The number of hydrogen-bond acceptors (Lipinski definition) is 3. The molecule has 0 bridgehead atoms. The molecule has 4 nitrogen and oxygen atoms in total. The summed E-state index contributed by atoms with van der Waals surface area (Å²) >= 11 is 0. The van der Waals surface area contributed by atoms with Gasteiger partial charge in [-0.25, -0.2) is 4.39 Å². The van der Waals surface area contributed by atoms with Crippen LogP contribution in [0.2, 0.25) is 0 Å². The third-order valence-corrected chi connectivity index (χ3v) is 4.44. The van der Waals surface area contributed by atoms with Crippen molar-refractivity contribution in [1.82, 2.24) is 20.4 Å². The first-order valence-electron chi connectivity index (χ1n) is 8.54. The number of rotatable bonds is 8. The van der Waals surface area contributed by atoms with Crippen molar-refractivity contribution in [2.75, 3.05) is 26.2 Å². The number of aromatic nitrogens is 2. The molecule has 0 unspecified atom stereocenters. The first kappa shape index (κ1) is 16.1. The largest absolute Gasteiger partial charge is 0.313 e. The van der Waals surface area contributed by atoms with Crippen LogP contribution < -0.4 is 5.32 Å². The summed E-state index contributed by atoms with van der Waals surface area (Å²) in [6, 6.07) is 6.52. The van der Waals surface area contributed by atoms with Gasteiger partial charge in [0.25, 0.3) is 0 Å². The Kier molecular flexibility index (Phi) is 5.77. The quantitative estimate of drug-likeness (QED) is 0.735. The molecule has 0 aliphatic carbocycles. The molecule has 0 spiro atoms. The lowest BCUT2D eigenvalue weighted by Crippen LogP contribution is -2.22. The second kappa shape index (κ2) is 8.22. The van der Waals surface area contributed by atoms with Crippen molar-refractivity contribution in [2.24, 2.45) is 0 Å². The maximum Gasteiger partial charge on any atom is 0.123 e. The Bertz CT molecular complexity index is 587. The summed E-state index contributed by atoms with van der Waals surface area (Å²) < 4.78 is 13.0. The van der Waals surface area contributed by atoms with Crippen molar-refractivity contribution in [3.05, 3.63) is 41.8 Å². The van der Waals surface area contributed by atoms with Crippen LogP contribution in [-0.2, 0) is 6.54 Å². The average molecular weight is 316 g/mol. The van der Waals surface area contributed by atoms with E-state index in [1.54, 1.807) is 12.1 Å². The summed E-state index contributed by atoms with van der Waals surface area (Å²) in [5.41, 5.74) is 3.06. The number of hydrogen-bond donors (Lipinski definition) is 2. The summed E-state index contributed by atoms with van der Waals surface area (Å²) in [6.45, 7) is 5.59. The van der Waals surface area contributed by atoms with Crippen LogP contribution in [0, 0.1) is 5.82 Å². The highest BCUT2D eigenvalue weighted by Crippen LogP contribution is 2.21. The second-order valence-corrected chi connectivity index (χ2v) is 6.21. The molecule has 2 aromatic rings. The van der Waals surface area contributed by atoms with Gasteiger partial charge in [-0.3, -0.25) is 5.10 Å². The normalized spacial score (nSPS) is 15.3. The highest BCUT2D eigenvalue weighted by Gasteiger charge is 2.10. The van der Waals surface area contributed by atoms with Crippen molar-refractivity contribution in [3.63, 3.8) is 0 Å². The van der Waals surface area contributed by atoms with E-state index in [1.165, 1.54) is 57.5 Å². The van der Waals surface area contributed by atoms with E-state index in [-0.39, 0.29) is 5.82 Å². The molecule has 1 aliphatic rings. The zero-order chi connectivity index (χ0) is 15.9. The highest BCUT2D eigenvalue weighted by atomic mass is 19.1. The molecule has 124 valence electrons. The van der Waals surface area contributed by atoms with Crippen LogP contribution in [0.1, 0.15) is 31.2 Å². The number of likely N-dealkylation sites (tertiary alicyclic amines) is 1. The molecule has 1 fully saturated rings. The molecule has 0 atom stereocenters. The molecule has 2 heterocycles. The molecule has 23 heavy (non-hydrogen) atoms. The maximum atomic E-state index is 13.0. The highest BCUT2D eigenvalue weighted by molar-refractivity contribution is 5.62. The van der Waals surface area contributed by atoms with E-state index in [9.17, 15) is 4.39 Å². The van der Waals surface area contributed by atoms with Gasteiger partial charge in [0.15, 0.2) is 0 Å². The van der Waals surface area contributed by atoms with E-state index in [1.807, 2.05) is 6.20 Å². The average Bonchev–Trinajstić information content (AvgIpc) is 3.23. The molecular weight excluding hydrogens is 291 g/mol. The van der Waals surface area contributed by atoms with Gasteiger partial charge in [0.1, 0.15) is 5.82 Å². The molecule has 5 heteroatoms. The van der Waals surface area contributed by atoms with Gasteiger partial charge in [0, 0.05) is 17.7 Å². The van der Waals surface area contributed by atoms with Crippen LogP contribution in [0.25, 0.3) is 11.3 Å². The molecule has 3 rings (SSSR count). The first-order chi connectivity index (χ1) is 11.3. The Hall–Kier alpha value is -1.72. The molecule has 2 N–H and O–H groups in total. The lowest BCUT2D eigenvalue weighted by molar-refractivity contribution is 0.329. The molecule has 1 saturated heterocycles. The third kappa shape index (κ3) is 4.62. The third-order valence-electron chi connectivity index (χ3n) is 4.44. The topological polar surface area (TPSA) is 44.0 Å². The van der Waals surface area contributed by atoms with E-state index in [4.69, 9.17) is 0 Å². The summed E-state index contributed by atoms with van der Waals surface area (Å²) in [4.78, 5) is 2.56. The number of H-pyrrole nitrogens is 1. The van der Waals surface area contributed by atoms with Crippen molar-refractivity contribution >= 4 is 0 Å². The molecule has 0 saturated carbocycles. The predicted molar refractivity (Wildman–Crippen MR) is 90.6 cm³/mol. The Morgan fingerprint density at radius 3 is 2.70 bits per heavy atom. The lowest BCUT2D eigenvalue weighted by Gasteiger charge is -2.14. The van der Waals surface area contributed by atoms with Crippen LogP contribution >= 0.6 is 0 Å². The predicted octanol–water partition coefficient (Wildman–Crippen LogP) is 3.18. The van der Waals surface area contributed by atoms with Gasteiger partial charge >= 0.3 is 0 Å². The molecule has 1 aromatic heterocycles. The second-order valence-electron chi connectivity index (χ2n) is 6.21. The minimum Gasteiger partial charge on any atom is -0.313 e. The van der Waals surface area contributed by atoms with Gasteiger partial charge in [-0.15, -0.1) is 0 Å². The van der Waals surface area contributed by atoms with Crippen molar-refractivity contribution < 1.29 is 4.39 Å². The summed E-state index contributed by atoms with van der Waals surface area (Å²) in [5.74, 6) is -0.217. The van der Waals surface area contributed by atoms with Gasteiger partial charge in [-0.2, -0.15) is 5.10 Å². The van der Waals surface area contributed by atoms with Gasteiger partial charge in [0.2, 0.25) is 0 Å². The monoisotopic (exact) mass is 316 g/mol. The van der Waals surface area contributed by atoms with Crippen LogP contribution in [0.15, 0.2) is 30.5 Å². The van der Waals surface area contributed by atoms with E-state index < -0.39 is 0 Å². The van der Waals surface area contributed by atoms with Gasteiger partial charge in [0.05, 0.1) is 11.9 Å². The first-order valence-corrected chi connectivity index (χ1v) is 8.54. The number of nitrogens with zero attached hydrogens (tertiary/aromatic N) is 2.